The maximum Gasteiger partial charge on any atom is 0.323 e. The Bertz CT molecular complexity index is 577. The molecule has 116 valence electrons. The first-order chi connectivity index (χ1) is 10.7. The molecule has 0 aliphatic heterocycles. The van der Waals surface area contributed by atoms with Gasteiger partial charge in [0.15, 0.2) is 0 Å². The average molecular weight is 297 g/mol. The van der Waals surface area contributed by atoms with Crippen LogP contribution in [0.3, 0.4) is 0 Å². The van der Waals surface area contributed by atoms with E-state index in [-0.39, 0.29) is 11.4 Å². The number of nitriles is 1. The first-order valence-electron chi connectivity index (χ1n) is 8.31. The Kier molecular flexibility index (Phi) is 4.20. The molecule has 0 radical (unpaired) electrons. The van der Waals surface area contributed by atoms with E-state index in [4.69, 9.17) is 4.74 Å². The fourth-order valence-corrected chi connectivity index (χ4v) is 4.77. The number of nitrogens with zero attached hydrogens (tertiary/aromatic N) is 1. The molecule has 0 amide bonds. The zero-order chi connectivity index (χ0) is 15.6. The number of fused-ring (bicyclic) bond motifs is 1. The lowest BCUT2D eigenvalue weighted by atomic mass is 9.48. The van der Waals surface area contributed by atoms with Gasteiger partial charge < -0.3 is 4.74 Å². The van der Waals surface area contributed by atoms with E-state index < -0.39 is 5.92 Å². The maximum atomic E-state index is 12.3. The third kappa shape index (κ3) is 2.41. The van der Waals surface area contributed by atoms with E-state index in [1.54, 1.807) is 6.92 Å². The van der Waals surface area contributed by atoms with Crippen LogP contribution in [0.5, 0.6) is 0 Å². The third-order valence-electron chi connectivity index (χ3n) is 5.64. The summed E-state index contributed by atoms with van der Waals surface area (Å²) in [6.07, 6.45) is 5.43. The number of ether oxygens (including phenoxy) is 1. The van der Waals surface area contributed by atoms with E-state index in [1.807, 2.05) is 18.2 Å². The van der Waals surface area contributed by atoms with Gasteiger partial charge in [0.25, 0.3) is 0 Å². The quantitative estimate of drug-likeness (QED) is 0.778. The number of carbonyl (C=O) groups is 1. The highest BCUT2D eigenvalue weighted by Gasteiger charge is 2.61. The summed E-state index contributed by atoms with van der Waals surface area (Å²) < 4.78 is 5.20. The molecule has 2 aliphatic rings. The van der Waals surface area contributed by atoms with Crippen molar-refractivity contribution in [2.45, 2.75) is 39.0 Å². The molecule has 2 saturated carbocycles. The van der Waals surface area contributed by atoms with Gasteiger partial charge in [-0.2, -0.15) is 5.26 Å². The van der Waals surface area contributed by atoms with Crippen LogP contribution in [-0.2, 0) is 16.0 Å². The molecule has 4 atom stereocenters. The highest BCUT2D eigenvalue weighted by molar-refractivity contribution is 5.76. The van der Waals surface area contributed by atoms with E-state index in [9.17, 15) is 10.1 Å². The van der Waals surface area contributed by atoms with Gasteiger partial charge in [0.1, 0.15) is 5.92 Å². The van der Waals surface area contributed by atoms with Gasteiger partial charge in [-0.05, 0) is 43.6 Å². The van der Waals surface area contributed by atoms with Crippen LogP contribution < -0.4 is 0 Å². The van der Waals surface area contributed by atoms with E-state index in [0.29, 0.717) is 18.4 Å². The fraction of sp³-hybridized carbons (Fsp3) is 0.579. The second kappa shape index (κ2) is 6.12. The molecule has 1 unspecified atom stereocenters. The number of hydrogen-bond acceptors (Lipinski definition) is 3. The summed E-state index contributed by atoms with van der Waals surface area (Å²) in [4.78, 5) is 12.3. The first kappa shape index (κ1) is 15.1. The van der Waals surface area contributed by atoms with Gasteiger partial charge in [0, 0.05) is 5.41 Å². The van der Waals surface area contributed by atoms with Crippen molar-refractivity contribution in [3.63, 3.8) is 0 Å². The van der Waals surface area contributed by atoms with E-state index in [0.717, 1.165) is 19.3 Å². The molecule has 0 aromatic heterocycles. The fourth-order valence-electron chi connectivity index (χ4n) is 4.77. The Hall–Kier alpha value is -1.82. The normalized spacial score (nSPS) is 30.7. The molecule has 2 fully saturated rings. The summed E-state index contributed by atoms with van der Waals surface area (Å²) in [5.41, 5.74) is 1.00. The zero-order valence-corrected chi connectivity index (χ0v) is 13.1. The van der Waals surface area contributed by atoms with Crippen molar-refractivity contribution < 1.29 is 9.53 Å². The van der Waals surface area contributed by atoms with Gasteiger partial charge >= 0.3 is 5.97 Å². The molecule has 1 aromatic rings. The smallest absolute Gasteiger partial charge is 0.323 e. The van der Waals surface area contributed by atoms with Crippen LogP contribution in [0.15, 0.2) is 30.3 Å². The Labute approximate surface area is 132 Å². The maximum absolute atomic E-state index is 12.3. The minimum absolute atomic E-state index is 0.219. The molecule has 2 aliphatic carbocycles. The van der Waals surface area contributed by atoms with Crippen LogP contribution >= 0.6 is 0 Å². The lowest BCUT2D eigenvalue weighted by molar-refractivity contribution is -0.159. The minimum atomic E-state index is -0.632. The second-order valence-corrected chi connectivity index (χ2v) is 6.71. The lowest BCUT2D eigenvalue weighted by Crippen LogP contribution is -2.54. The van der Waals surface area contributed by atoms with Crippen LogP contribution in [0.4, 0.5) is 0 Å². The number of rotatable bonds is 5. The summed E-state index contributed by atoms with van der Waals surface area (Å²) in [5.74, 6) is 0.244. The van der Waals surface area contributed by atoms with Crippen molar-refractivity contribution in [3.05, 3.63) is 35.9 Å². The molecular weight excluding hydrogens is 274 g/mol. The average Bonchev–Trinajstić information content (AvgIpc) is 2.90. The topological polar surface area (TPSA) is 50.1 Å². The molecule has 22 heavy (non-hydrogen) atoms. The van der Waals surface area contributed by atoms with Crippen LogP contribution in [0, 0.1) is 34.5 Å². The van der Waals surface area contributed by atoms with Gasteiger partial charge in [-0.3, -0.25) is 4.79 Å². The van der Waals surface area contributed by atoms with Crippen molar-refractivity contribution in [3.8, 4) is 6.07 Å². The van der Waals surface area contributed by atoms with Gasteiger partial charge in [0.05, 0.1) is 12.7 Å². The lowest BCUT2D eigenvalue weighted by Gasteiger charge is -2.54. The predicted molar refractivity (Wildman–Crippen MR) is 83.8 cm³/mol. The van der Waals surface area contributed by atoms with Crippen molar-refractivity contribution in [2.75, 3.05) is 6.61 Å². The van der Waals surface area contributed by atoms with Crippen molar-refractivity contribution in [1.82, 2.24) is 0 Å². The van der Waals surface area contributed by atoms with E-state index in [1.165, 1.54) is 18.4 Å². The van der Waals surface area contributed by atoms with Gasteiger partial charge in [0.2, 0.25) is 0 Å². The summed E-state index contributed by atoms with van der Waals surface area (Å²) in [7, 11) is 0. The SMILES string of the molecule is CCOC(=O)C(C#N)[C@@]1(Cc2ccccc2)C[C@H]2CCC[C@H]21. The zero-order valence-electron chi connectivity index (χ0n) is 13.1. The number of hydrogen-bond donors (Lipinski definition) is 0. The summed E-state index contributed by atoms with van der Waals surface area (Å²) in [6.45, 7) is 2.14. The number of benzene rings is 1. The molecule has 1 aromatic carbocycles. The molecule has 0 heterocycles. The molecule has 3 rings (SSSR count). The Morgan fingerprint density at radius 2 is 2.18 bits per heavy atom. The highest BCUT2D eigenvalue weighted by Crippen LogP contribution is 2.63. The van der Waals surface area contributed by atoms with Crippen molar-refractivity contribution in [1.29, 1.82) is 5.26 Å². The third-order valence-corrected chi connectivity index (χ3v) is 5.64. The van der Waals surface area contributed by atoms with E-state index in [2.05, 4.69) is 18.2 Å². The number of carbonyl (C=O) groups excluding carboxylic acids is 1. The molecule has 0 N–H and O–H groups in total. The predicted octanol–water partition coefficient (Wildman–Crippen LogP) is 3.74. The molecule has 3 heteroatoms. The van der Waals surface area contributed by atoms with Crippen LogP contribution in [0.1, 0.15) is 38.2 Å². The Morgan fingerprint density at radius 1 is 1.41 bits per heavy atom. The van der Waals surface area contributed by atoms with Crippen LogP contribution in [0.25, 0.3) is 0 Å². The Balaban J connectivity index is 1.90. The summed E-state index contributed by atoms with van der Waals surface area (Å²) in [5, 5.41) is 9.67. The monoisotopic (exact) mass is 297 g/mol. The Morgan fingerprint density at radius 3 is 2.82 bits per heavy atom. The van der Waals surface area contributed by atoms with Gasteiger partial charge in [-0.25, -0.2) is 0 Å². The van der Waals surface area contributed by atoms with Gasteiger partial charge in [-0.1, -0.05) is 43.2 Å². The van der Waals surface area contributed by atoms with Crippen molar-refractivity contribution >= 4 is 5.97 Å². The standard InChI is InChI=1S/C19H23NO2/c1-2-22-18(21)17(13-20)19(11-14-7-4-3-5-8-14)12-15-9-6-10-16(15)19/h3-5,7-8,15-17H,2,6,9-12H2,1H3/t15-,16-,17?,19+/m1/s1. The molecule has 0 spiro atoms. The molecular formula is C19H23NO2. The van der Waals surface area contributed by atoms with E-state index >= 15 is 0 Å². The first-order valence-corrected chi connectivity index (χ1v) is 8.31. The van der Waals surface area contributed by atoms with Crippen molar-refractivity contribution in [2.24, 2.45) is 23.2 Å². The van der Waals surface area contributed by atoms with Crippen LogP contribution in [-0.4, -0.2) is 12.6 Å². The number of esters is 1. The summed E-state index contributed by atoms with van der Waals surface area (Å²) >= 11 is 0. The van der Waals surface area contributed by atoms with Crippen LogP contribution in [0.2, 0.25) is 0 Å². The summed E-state index contributed by atoms with van der Waals surface area (Å²) in [6, 6.07) is 12.5. The highest BCUT2D eigenvalue weighted by atomic mass is 16.5. The molecule has 3 nitrogen and oxygen atoms in total. The second-order valence-electron chi connectivity index (χ2n) is 6.71. The molecule has 0 bridgehead atoms. The largest absolute Gasteiger partial charge is 0.465 e. The minimum Gasteiger partial charge on any atom is -0.465 e. The van der Waals surface area contributed by atoms with Gasteiger partial charge in [-0.15, -0.1) is 0 Å². The molecule has 0 saturated heterocycles.